The molecular formula is C13H17BrN2OS. The fraction of sp³-hybridized carbons (Fsp3) is 0.385. The van der Waals surface area contributed by atoms with E-state index in [0.717, 1.165) is 22.1 Å². The summed E-state index contributed by atoms with van der Waals surface area (Å²) in [6, 6.07) is 5.78. The van der Waals surface area contributed by atoms with Crippen molar-refractivity contribution in [3.63, 3.8) is 0 Å². The SMILES string of the molecule is CCc1cc(Br)ccc1NC(=O)C(CC)C(N)=S. The van der Waals surface area contributed by atoms with Crippen molar-refractivity contribution in [1.82, 2.24) is 0 Å². The number of amides is 1. The van der Waals surface area contributed by atoms with E-state index in [9.17, 15) is 4.79 Å². The fourth-order valence-corrected chi connectivity index (χ4v) is 2.39. The third-order valence-electron chi connectivity index (χ3n) is 2.77. The second kappa shape index (κ2) is 6.85. The molecule has 1 rings (SSSR count). The Hall–Kier alpha value is -0.940. The van der Waals surface area contributed by atoms with Crippen LogP contribution in [0.25, 0.3) is 0 Å². The maximum atomic E-state index is 12.0. The van der Waals surface area contributed by atoms with Gasteiger partial charge in [0.1, 0.15) is 0 Å². The maximum absolute atomic E-state index is 12.0. The van der Waals surface area contributed by atoms with E-state index in [1.807, 2.05) is 32.0 Å². The number of nitrogens with one attached hydrogen (secondary N) is 1. The van der Waals surface area contributed by atoms with Crippen LogP contribution in [0.15, 0.2) is 22.7 Å². The van der Waals surface area contributed by atoms with Gasteiger partial charge in [0.05, 0.1) is 10.9 Å². The van der Waals surface area contributed by atoms with E-state index in [0.29, 0.717) is 6.42 Å². The maximum Gasteiger partial charge on any atom is 0.234 e. The smallest absolute Gasteiger partial charge is 0.234 e. The van der Waals surface area contributed by atoms with Crippen molar-refractivity contribution in [3.8, 4) is 0 Å². The Labute approximate surface area is 121 Å². The molecule has 3 N–H and O–H groups in total. The molecule has 0 aliphatic rings. The first-order valence-corrected chi connectivity index (χ1v) is 7.08. The zero-order chi connectivity index (χ0) is 13.7. The largest absolute Gasteiger partial charge is 0.393 e. The van der Waals surface area contributed by atoms with Crippen LogP contribution < -0.4 is 11.1 Å². The highest BCUT2D eigenvalue weighted by molar-refractivity contribution is 9.10. The van der Waals surface area contributed by atoms with Crippen LogP contribution in [-0.4, -0.2) is 10.9 Å². The Morgan fingerprint density at radius 2 is 2.17 bits per heavy atom. The predicted octanol–water partition coefficient (Wildman–Crippen LogP) is 3.26. The molecule has 0 saturated carbocycles. The number of carbonyl (C=O) groups is 1. The van der Waals surface area contributed by atoms with Crippen molar-refractivity contribution in [2.24, 2.45) is 11.7 Å². The first-order valence-electron chi connectivity index (χ1n) is 5.88. The zero-order valence-electron chi connectivity index (χ0n) is 10.5. The molecule has 0 aromatic heterocycles. The normalized spacial score (nSPS) is 11.9. The van der Waals surface area contributed by atoms with Crippen LogP contribution in [0.3, 0.4) is 0 Å². The Morgan fingerprint density at radius 3 is 2.67 bits per heavy atom. The molecule has 1 atom stereocenters. The topological polar surface area (TPSA) is 55.1 Å². The summed E-state index contributed by atoms with van der Waals surface area (Å²) in [5, 5.41) is 2.89. The van der Waals surface area contributed by atoms with Crippen molar-refractivity contribution in [2.75, 3.05) is 5.32 Å². The minimum Gasteiger partial charge on any atom is -0.393 e. The molecule has 3 nitrogen and oxygen atoms in total. The van der Waals surface area contributed by atoms with Gasteiger partial charge in [-0.15, -0.1) is 0 Å². The molecule has 1 aromatic rings. The number of hydrogen-bond acceptors (Lipinski definition) is 2. The lowest BCUT2D eigenvalue weighted by Gasteiger charge is -2.15. The summed E-state index contributed by atoms with van der Waals surface area (Å²) in [5.74, 6) is -0.546. The Balaban J connectivity index is 2.90. The van der Waals surface area contributed by atoms with Crippen LogP contribution in [0.2, 0.25) is 0 Å². The van der Waals surface area contributed by atoms with E-state index in [1.165, 1.54) is 0 Å². The molecule has 0 radical (unpaired) electrons. The summed E-state index contributed by atoms with van der Waals surface area (Å²) in [4.78, 5) is 12.3. The number of carbonyl (C=O) groups excluding carboxylic acids is 1. The van der Waals surface area contributed by atoms with Gasteiger partial charge in [-0.1, -0.05) is 42.0 Å². The molecule has 0 fully saturated rings. The molecule has 1 amide bonds. The fourth-order valence-electron chi connectivity index (χ4n) is 1.71. The average molecular weight is 329 g/mol. The standard InChI is InChI=1S/C13H17BrN2OS/c1-3-8-7-9(14)5-6-11(8)16-13(17)10(4-2)12(15)18/h5-7,10H,3-4H2,1-2H3,(H2,15,18)(H,16,17). The molecule has 0 bridgehead atoms. The van der Waals surface area contributed by atoms with Gasteiger partial charge < -0.3 is 11.1 Å². The first kappa shape index (κ1) is 15.1. The minimum atomic E-state index is -0.409. The number of hydrogen-bond donors (Lipinski definition) is 2. The van der Waals surface area contributed by atoms with E-state index in [-0.39, 0.29) is 10.9 Å². The average Bonchev–Trinajstić information content (AvgIpc) is 2.31. The van der Waals surface area contributed by atoms with Gasteiger partial charge in [0.2, 0.25) is 5.91 Å². The molecule has 18 heavy (non-hydrogen) atoms. The number of rotatable bonds is 5. The number of anilines is 1. The second-order valence-electron chi connectivity index (χ2n) is 4.01. The van der Waals surface area contributed by atoms with E-state index in [1.54, 1.807) is 0 Å². The molecule has 5 heteroatoms. The molecule has 0 aliphatic heterocycles. The van der Waals surface area contributed by atoms with Crippen LogP contribution in [0.4, 0.5) is 5.69 Å². The molecule has 0 spiro atoms. The second-order valence-corrected chi connectivity index (χ2v) is 5.39. The van der Waals surface area contributed by atoms with Crippen molar-refractivity contribution in [3.05, 3.63) is 28.2 Å². The minimum absolute atomic E-state index is 0.137. The Bertz CT molecular complexity index is 462. The quantitative estimate of drug-likeness (QED) is 0.815. The van der Waals surface area contributed by atoms with Crippen LogP contribution in [0.5, 0.6) is 0 Å². The number of halogens is 1. The van der Waals surface area contributed by atoms with Crippen LogP contribution >= 0.6 is 28.1 Å². The van der Waals surface area contributed by atoms with Gasteiger partial charge in [0.25, 0.3) is 0 Å². The molecular weight excluding hydrogens is 312 g/mol. The summed E-state index contributed by atoms with van der Waals surface area (Å²) in [6.07, 6.45) is 1.46. The van der Waals surface area contributed by atoms with E-state index < -0.39 is 5.92 Å². The van der Waals surface area contributed by atoms with Gasteiger partial charge in [-0.05, 0) is 36.6 Å². The highest BCUT2D eigenvalue weighted by Gasteiger charge is 2.19. The third-order valence-corrected chi connectivity index (χ3v) is 3.55. The number of thiocarbonyl (C=S) groups is 1. The van der Waals surface area contributed by atoms with Gasteiger partial charge >= 0.3 is 0 Å². The molecule has 98 valence electrons. The highest BCUT2D eigenvalue weighted by atomic mass is 79.9. The van der Waals surface area contributed by atoms with Crippen LogP contribution in [0.1, 0.15) is 25.8 Å². The van der Waals surface area contributed by atoms with E-state index in [2.05, 4.69) is 21.2 Å². The van der Waals surface area contributed by atoms with Crippen molar-refractivity contribution in [1.29, 1.82) is 0 Å². The lowest BCUT2D eigenvalue weighted by Crippen LogP contribution is -2.32. The van der Waals surface area contributed by atoms with E-state index in [4.69, 9.17) is 18.0 Å². The molecule has 0 saturated heterocycles. The Morgan fingerprint density at radius 1 is 1.50 bits per heavy atom. The highest BCUT2D eigenvalue weighted by Crippen LogP contribution is 2.22. The summed E-state index contributed by atoms with van der Waals surface area (Å²) < 4.78 is 0.999. The lowest BCUT2D eigenvalue weighted by molar-refractivity contribution is -0.118. The summed E-state index contributed by atoms with van der Waals surface area (Å²) in [6.45, 7) is 3.94. The lowest BCUT2D eigenvalue weighted by atomic mass is 10.0. The summed E-state index contributed by atoms with van der Waals surface area (Å²) in [5.41, 5.74) is 7.46. The number of aryl methyl sites for hydroxylation is 1. The van der Waals surface area contributed by atoms with Gasteiger partial charge in [0.15, 0.2) is 0 Å². The van der Waals surface area contributed by atoms with Gasteiger partial charge in [-0.3, -0.25) is 4.79 Å². The van der Waals surface area contributed by atoms with Crippen LogP contribution in [-0.2, 0) is 11.2 Å². The number of nitrogens with two attached hydrogens (primary N) is 1. The third kappa shape index (κ3) is 3.78. The molecule has 0 aliphatic carbocycles. The number of benzene rings is 1. The first-order chi connectivity index (χ1) is 8.49. The van der Waals surface area contributed by atoms with Gasteiger partial charge in [-0.2, -0.15) is 0 Å². The van der Waals surface area contributed by atoms with Crippen molar-refractivity contribution < 1.29 is 4.79 Å². The molecule has 0 heterocycles. The molecule has 1 unspecified atom stereocenters. The van der Waals surface area contributed by atoms with E-state index >= 15 is 0 Å². The Kier molecular flexibility index (Phi) is 5.75. The van der Waals surface area contributed by atoms with Crippen molar-refractivity contribution >= 4 is 44.7 Å². The summed E-state index contributed by atoms with van der Waals surface area (Å²) in [7, 11) is 0. The monoisotopic (exact) mass is 328 g/mol. The zero-order valence-corrected chi connectivity index (χ0v) is 12.9. The van der Waals surface area contributed by atoms with Gasteiger partial charge in [-0.25, -0.2) is 0 Å². The molecule has 1 aromatic carbocycles. The van der Waals surface area contributed by atoms with Crippen LogP contribution in [0, 0.1) is 5.92 Å². The van der Waals surface area contributed by atoms with Crippen molar-refractivity contribution in [2.45, 2.75) is 26.7 Å². The van der Waals surface area contributed by atoms with Gasteiger partial charge in [0, 0.05) is 10.2 Å². The predicted molar refractivity (Wildman–Crippen MR) is 82.7 cm³/mol. The summed E-state index contributed by atoms with van der Waals surface area (Å²) >= 11 is 8.32.